The van der Waals surface area contributed by atoms with Crippen molar-refractivity contribution in [3.05, 3.63) is 67.4 Å². The lowest BCUT2D eigenvalue weighted by atomic mass is 10.1. The molecule has 1 aromatic heterocycles. The third-order valence-electron chi connectivity index (χ3n) is 2.96. The summed E-state index contributed by atoms with van der Waals surface area (Å²) in [6, 6.07) is 7.72. The molecule has 0 radical (unpaired) electrons. The fourth-order valence-electron chi connectivity index (χ4n) is 1.90. The van der Waals surface area contributed by atoms with Crippen LogP contribution < -0.4 is 4.18 Å². The molecule has 0 spiro atoms. The van der Waals surface area contributed by atoms with Crippen molar-refractivity contribution in [3.8, 4) is 5.75 Å². The van der Waals surface area contributed by atoms with Gasteiger partial charge in [0.25, 0.3) is 0 Å². The number of para-hydroxylation sites is 1. The number of nitrogens with zero attached hydrogens (tertiary/aromatic N) is 1. The van der Waals surface area contributed by atoms with E-state index in [1.165, 1.54) is 24.3 Å². The molecule has 4 nitrogen and oxygen atoms in total. The van der Waals surface area contributed by atoms with Gasteiger partial charge in [0.2, 0.25) is 0 Å². The standard InChI is InChI=1S/C16H12F3NO3S/c1-3-7-11(4-2)15-14(23-24(21,22)16(17,18)19)10-12-8-5-6-9-13(12)20-15/h3-10H,1-2H2/b11-7+. The van der Waals surface area contributed by atoms with Gasteiger partial charge in [-0.15, -0.1) is 0 Å². The Morgan fingerprint density at radius 2 is 1.88 bits per heavy atom. The Balaban J connectivity index is 2.72. The van der Waals surface area contributed by atoms with E-state index in [2.05, 4.69) is 22.3 Å². The van der Waals surface area contributed by atoms with E-state index in [0.717, 1.165) is 0 Å². The Morgan fingerprint density at radius 3 is 2.46 bits per heavy atom. The zero-order chi connectivity index (χ0) is 18.0. The molecule has 1 aromatic carbocycles. The minimum atomic E-state index is -5.83. The average Bonchev–Trinajstić information content (AvgIpc) is 2.50. The molecule has 0 saturated carbocycles. The summed E-state index contributed by atoms with van der Waals surface area (Å²) >= 11 is 0. The Hall–Kier alpha value is -2.61. The molecular formula is C16H12F3NO3S. The second-order valence-electron chi connectivity index (χ2n) is 4.57. The van der Waals surface area contributed by atoms with E-state index in [9.17, 15) is 21.6 Å². The SMILES string of the molecule is C=C/C=C(\C=C)c1nc2ccccc2cc1OS(=O)(=O)C(F)(F)F. The lowest BCUT2D eigenvalue weighted by Crippen LogP contribution is -2.28. The first kappa shape index (κ1) is 17.7. The van der Waals surface area contributed by atoms with Gasteiger partial charge in [-0.2, -0.15) is 21.6 Å². The van der Waals surface area contributed by atoms with Gasteiger partial charge >= 0.3 is 15.6 Å². The molecule has 1 heterocycles. The predicted octanol–water partition coefficient (Wildman–Crippen LogP) is 4.22. The number of pyridine rings is 1. The van der Waals surface area contributed by atoms with Gasteiger partial charge in [0.1, 0.15) is 5.69 Å². The van der Waals surface area contributed by atoms with Crippen LogP contribution in [0.1, 0.15) is 5.69 Å². The van der Waals surface area contributed by atoms with Crippen molar-refractivity contribution in [2.24, 2.45) is 0 Å². The number of halogens is 3. The highest BCUT2D eigenvalue weighted by atomic mass is 32.2. The number of hydrogen-bond donors (Lipinski definition) is 0. The van der Waals surface area contributed by atoms with Crippen LogP contribution in [0.5, 0.6) is 5.75 Å². The summed E-state index contributed by atoms with van der Waals surface area (Å²) in [5, 5.41) is 0.427. The fourth-order valence-corrected chi connectivity index (χ4v) is 2.36. The summed E-state index contributed by atoms with van der Waals surface area (Å²) in [6.07, 6.45) is 4.11. The van der Waals surface area contributed by atoms with Gasteiger partial charge < -0.3 is 4.18 Å². The highest BCUT2D eigenvalue weighted by Gasteiger charge is 2.49. The number of fused-ring (bicyclic) bond motifs is 1. The average molecular weight is 355 g/mol. The smallest absolute Gasteiger partial charge is 0.374 e. The molecule has 0 saturated heterocycles. The summed E-state index contributed by atoms with van der Waals surface area (Å²) in [5.74, 6) is -0.543. The lowest BCUT2D eigenvalue weighted by molar-refractivity contribution is -0.0500. The molecule has 0 aliphatic carbocycles. The molecule has 0 fully saturated rings. The van der Waals surface area contributed by atoms with E-state index >= 15 is 0 Å². The van der Waals surface area contributed by atoms with E-state index in [1.54, 1.807) is 24.3 Å². The highest BCUT2D eigenvalue weighted by molar-refractivity contribution is 7.88. The molecule has 0 unspecified atom stereocenters. The Kier molecular flexibility index (Phi) is 4.79. The monoisotopic (exact) mass is 355 g/mol. The maximum Gasteiger partial charge on any atom is 0.534 e. The summed E-state index contributed by atoms with van der Waals surface area (Å²) in [7, 11) is -5.83. The molecule has 0 aliphatic heterocycles. The lowest BCUT2D eigenvalue weighted by Gasteiger charge is -2.14. The van der Waals surface area contributed by atoms with E-state index in [4.69, 9.17) is 0 Å². The number of alkyl halides is 3. The van der Waals surface area contributed by atoms with Crippen molar-refractivity contribution < 1.29 is 25.8 Å². The summed E-state index contributed by atoms with van der Waals surface area (Å²) < 4.78 is 64.8. The number of allylic oxidation sites excluding steroid dienone is 4. The molecule has 0 atom stereocenters. The molecule has 0 N–H and O–H groups in total. The maximum atomic E-state index is 12.6. The molecule has 126 valence electrons. The van der Waals surface area contributed by atoms with Crippen molar-refractivity contribution in [1.29, 1.82) is 0 Å². The fraction of sp³-hybridized carbons (Fsp3) is 0.0625. The van der Waals surface area contributed by atoms with Gasteiger partial charge in [-0.25, -0.2) is 4.98 Å². The van der Waals surface area contributed by atoms with Gasteiger partial charge in [-0.3, -0.25) is 0 Å². The van der Waals surface area contributed by atoms with Crippen LogP contribution >= 0.6 is 0 Å². The predicted molar refractivity (Wildman–Crippen MR) is 85.7 cm³/mol. The van der Waals surface area contributed by atoms with Gasteiger partial charge in [0.05, 0.1) is 5.52 Å². The van der Waals surface area contributed by atoms with Crippen LogP contribution in [0.2, 0.25) is 0 Å². The van der Waals surface area contributed by atoms with Crippen molar-refractivity contribution in [1.82, 2.24) is 4.98 Å². The molecule has 2 aromatic rings. The number of hydrogen-bond acceptors (Lipinski definition) is 4. The van der Waals surface area contributed by atoms with Crippen LogP contribution in [0.15, 0.2) is 61.7 Å². The Labute approximate surface area is 136 Å². The van der Waals surface area contributed by atoms with Crippen LogP contribution in [0.3, 0.4) is 0 Å². The summed E-state index contributed by atoms with van der Waals surface area (Å²) in [4.78, 5) is 4.19. The molecule has 0 bridgehead atoms. The third-order valence-corrected chi connectivity index (χ3v) is 3.93. The zero-order valence-electron chi connectivity index (χ0n) is 12.2. The van der Waals surface area contributed by atoms with E-state index < -0.39 is 21.4 Å². The second-order valence-corrected chi connectivity index (χ2v) is 6.11. The zero-order valence-corrected chi connectivity index (χ0v) is 13.1. The van der Waals surface area contributed by atoms with E-state index in [-0.39, 0.29) is 11.3 Å². The Bertz CT molecular complexity index is 931. The highest BCUT2D eigenvalue weighted by Crippen LogP contribution is 2.33. The van der Waals surface area contributed by atoms with Gasteiger partial charge in [0, 0.05) is 11.0 Å². The normalized spacial score (nSPS) is 12.9. The third kappa shape index (κ3) is 3.48. The number of rotatable bonds is 5. The largest absolute Gasteiger partial charge is 0.534 e. The molecule has 24 heavy (non-hydrogen) atoms. The first-order chi connectivity index (χ1) is 11.2. The minimum Gasteiger partial charge on any atom is -0.374 e. The molecule has 2 rings (SSSR count). The topological polar surface area (TPSA) is 56.3 Å². The van der Waals surface area contributed by atoms with Crippen LogP contribution in [-0.4, -0.2) is 18.9 Å². The van der Waals surface area contributed by atoms with Gasteiger partial charge in [-0.1, -0.05) is 49.6 Å². The molecule has 0 amide bonds. The second kappa shape index (κ2) is 6.48. The summed E-state index contributed by atoms with van der Waals surface area (Å²) in [6.45, 7) is 7.03. The van der Waals surface area contributed by atoms with Gasteiger partial charge in [-0.05, 0) is 12.1 Å². The van der Waals surface area contributed by atoms with Crippen LogP contribution in [-0.2, 0) is 10.1 Å². The first-order valence-electron chi connectivity index (χ1n) is 6.55. The van der Waals surface area contributed by atoms with Crippen molar-refractivity contribution in [2.75, 3.05) is 0 Å². The molecular weight excluding hydrogens is 343 g/mol. The number of benzene rings is 1. The Morgan fingerprint density at radius 1 is 1.21 bits per heavy atom. The first-order valence-corrected chi connectivity index (χ1v) is 7.96. The van der Waals surface area contributed by atoms with Crippen molar-refractivity contribution in [3.63, 3.8) is 0 Å². The van der Waals surface area contributed by atoms with Crippen LogP contribution in [0.25, 0.3) is 16.5 Å². The minimum absolute atomic E-state index is 0.0866. The van der Waals surface area contributed by atoms with Gasteiger partial charge in [0.15, 0.2) is 5.75 Å². The van der Waals surface area contributed by atoms with Crippen LogP contribution in [0.4, 0.5) is 13.2 Å². The molecule has 8 heteroatoms. The summed E-state index contributed by atoms with van der Waals surface area (Å²) in [5.41, 5.74) is -4.91. The van der Waals surface area contributed by atoms with Crippen LogP contribution in [0, 0.1) is 0 Å². The van der Waals surface area contributed by atoms with Crippen molar-refractivity contribution >= 4 is 26.6 Å². The van der Waals surface area contributed by atoms with Crippen molar-refractivity contribution in [2.45, 2.75) is 5.51 Å². The van der Waals surface area contributed by atoms with E-state index in [1.807, 2.05) is 0 Å². The maximum absolute atomic E-state index is 12.6. The molecule has 0 aliphatic rings. The number of aromatic nitrogens is 1. The quantitative estimate of drug-likeness (QED) is 0.458. The van der Waals surface area contributed by atoms with E-state index in [0.29, 0.717) is 10.9 Å².